The average molecular weight is 255 g/mol. The van der Waals surface area contributed by atoms with Gasteiger partial charge in [-0.25, -0.2) is 0 Å². The molecule has 0 aromatic rings. The summed E-state index contributed by atoms with van der Waals surface area (Å²) in [6.45, 7) is 11.9. The third-order valence-electron chi connectivity index (χ3n) is 3.78. The number of piperidine rings is 1. The summed E-state index contributed by atoms with van der Waals surface area (Å²) in [5, 5.41) is 3.05. The first-order chi connectivity index (χ1) is 8.26. The van der Waals surface area contributed by atoms with Crippen LogP contribution in [0.3, 0.4) is 0 Å². The van der Waals surface area contributed by atoms with Crippen LogP contribution >= 0.6 is 0 Å². The van der Waals surface area contributed by atoms with E-state index in [0.29, 0.717) is 18.5 Å². The second kappa shape index (κ2) is 6.02. The van der Waals surface area contributed by atoms with Gasteiger partial charge in [0.2, 0.25) is 5.91 Å². The first-order valence-corrected chi connectivity index (χ1v) is 7.04. The molecule has 0 bridgehead atoms. The summed E-state index contributed by atoms with van der Waals surface area (Å²) in [4.78, 5) is 14.5. The predicted octanol–water partition coefficient (Wildman–Crippen LogP) is 1.35. The van der Waals surface area contributed by atoms with Gasteiger partial charge < -0.3 is 11.1 Å². The second-order valence-electron chi connectivity index (χ2n) is 6.58. The van der Waals surface area contributed by atoms with Gasteiger partial charge in [0.15, 0.2) is 0 Å². The van der Waals surface area contributed by atoms with Gasteiger partial charge >= 0.3 is 0 Å². The van der Waals surface area contributed by atoms with E-state index in [1.807, 2.05) is 27.7 Å². The largest absolute Gasteiger partial charge is 0.350 e. The number of nitrogens with zero attached hydrogens (tertiary/aromatic N) is 1. The number of nitrogens with two attached hydrogens (primary N) is 1. The van der Waals surface area contributed by atoms with Crippen molar-refractivity contribution in [2.75, 3.05) is 13.1 Å². The highest BCUT2D eigenvalue weighted by molar-refractivity contribution is 5.82. The third kappa shape index (κ3) is 3.95. The van der Waals surface area contributed by atoms with Gasteiger partial charge in [0.25, 0.3) is 0 Å². The van der Waals surface area contributed by atoms with E-state index in [1.165, 1.54) is 6.42 Å². The van der Waals surface area contributed by atoms with Crippen LogP contribution in [0.4, 0.5) is 0 Å². The van der Waals surface area contributed by atoms with Crippen molar-refractivity contribution in [1.29, 1.82) is 0 Å². The fraction of sp³-hybridized carbons (Fsp3) is 0.929. The van der Waals surface area contributed by atoms with E-state index >= 15 is 0 Å². The summed E-state index contributed by atoms with van der Waals surface area (Å²) < 4.78 is 0. The van der Waals surface area contributed by atoms with Crippen LogP contribution in [-0.4, -0.2) is 41.5 Å². The van der Waals surface area contributed by atoms with Gasteiger partial charge in [0.1, 0.15) is 0 Å². The molecule has 0 saturated carbocycles. The molecular formula is C14H29N3O. The highest BCUT2D eigenvalue weighted by Crippen LogP contribution is 2.24. The minimum Gasteiger partial charge on any atom is -0.350 e. The predicted molar refractivity (Wildman–Crippen MR) is 75.3 cm³/mol. The Morgan fingerprint density at radius 2 is 2.11 bits per heavy atom. The number of likely N-dealkylation sites (tertiary alicyclic amines) is 1. The Labute approximate surface area is 111 Å². The Hall–Kier alpha value is -0.610. The van der Waals surface area contributed by atoms with Crippen molar-refractivity contribution in [2.24, 2.45) is 11.7 Å². The molecule has 1 rings (SSSR count). The summed E-state index contributed by atoms with van der Waals surface area (Å²) in [5.74, 6) is 0.684. The molecule has 1 aliphatic rings. The molecule has 0 aromatic carbocycles. The smallest absolute Gasteiger partial charge is 0.237 e. The summed E-state index contributed by atoms with van der Waals surface area (Å²) in [7, 11) is 0. The van der Waals surface area contributed by atoms with E-state index in [4.69, 9.17) is 5.73 Å². The van der Waals surface area contributed by atoms with E-state index in [-0.39, 0.29) is 17.5 Å². The Balaban J connectivity index is 2.69. The maximum Gasteiger partial charge on any atom is 0.237 e. The fourth-order valence-electron chi connectivity index (χ4n) is 2.75. The van der Waals surface area contributed by atoms with Crippen LogP contribution in [0.2, 0.25) is 0 Å². The van der Waals surface area contributed by atoms with Crippen LogP contribution < -0.4 is 11.1 Å². The van der Waals surface area contributed by atoms with Gasteiger partial charge in [-0.15, -0.1) is 0 Å². The lowest BCUT2D eigenvalue weighted by molar-refractivity contribution is -0.129. The lowest BCUT2D eigenvalue weighted by Crippen LogP contribution is -2.58. The van der Waals surface area contributed by atoms with Crippen molar-refractivity contribution in [3.8, 4) is 0 Å². The minimum absolute atomic E-state index is 0.0967. The Morgan fingerprint density at radius 3 is 2.61 bits per heavy atom. The summed E-state index contributed by atoms with van der Waals surface area (Å²) >= 11 is 0. The highest BCUT2D eigenvalue weighted by Gasteiger charge is 2.34. The maximum atomic E-state index is 12.2. The summed E-state index contributed by atoms with van der Waals surface area (Å²) in [6, 6.07) is 0.236. The Kier molecular flexibility index (Phi) is 5.17. The Bertz CT molecular complexity index is 285. The van der Waals surface area contributed by atoms with Crippen molar-refractivity contribution in [1.82, 2.24) is 10.2 Å². The molecule has 1 fully saturated rings. The number of rotatable bonds is 3. The van der Waals surface area contributed by atoms with E-state index in [0.717, 1.165) is 13.0 Å². The molecule has 3 N–H and O–H groups in total. The Morgan fingerprint density at radius 1 is 1.50 bits per heavy atom. The molecule has 3 atom stereocenters. The molecule has 1 aliphatic heterocycles. The summed E-state index contributed by atoms with van der Waals surface area (Å²) in [6.07, 6.45) is 2.37. The van der Waals surface area contributed by atoms with Crippen LogP contribution in [0.5, 0.6) is 0 Å². The number of hydrogen-bond acceptors (Lipinski definition) is 3. The van der Waals surface area contributed by atoms with Crippen LogP contribution in [0, 0.1) is 5.92 Å². The molecule has 1 saturated heterocycles. The van der Waals surface area contributed by atoms with Crippen LogP contribution in [0.25, 0.3) is 0 Å². The normalized spacial score (nSPS) is 27.9. The van der Waals surface area contributed by atoms with E-state index in [1.54, 1.807) is 0 Å². The van der Waals surface area contributed by atoms with Crippen molar-refractivity contribution in [2.45, 2.75) is 65.1 Å². The van der Waals surface area contributed by atoms with E-state index in [2.05, 4.69) is 17.1 Å². The van der Waals surface area contributed by atoms with Gasteiger partial charge in [-0.05, 0) is 53.0 Å². The molecule has 4 nitrogen and oxygen atoms in total. The van der Waals surface area contributed by atoms with Gasteiger partial charge in [-0.2, -0.15) is 0 Å². The zero-order chi connectivity index (χ0) is 13.9. The third-order valence-corrected chi connectivity index (χ3v) is 3.78. The lowest BCUT2D eigenvalue weighted by atomic mass is 9.89. The van der Waals surface area contributed by atoms with E-state index < -0.39 is 0 Å². The van der Waals surface area contributed by atoms with Crippen molar-refractivity contribution < 1.29 is 4.79 Å². The number of carbonyl (C=O) groups is 1. The molecule has 0 aliphatic carbocycles. The molecule has 0 spiro atoms. The topological polar surface area (TPSA) is 58.4 Å². The SMILES string of the molecule is CC1CCCN(C(C)C(=O)NC(C)(C)C)C1CN. The molecular weight excluding hydrogens is 226 g/mol. The fourth-order valence-corrected chi connectivity index (χ4v) is 2.75. The number of nitrogens with one attached hydrogen (secondary N) is 1. The zero-order valence-electron chi connectivity index (χ0n) is 12.5. The number of carbonyl (C=O) groups excluding carboxylic acids is 1. The molecule has 18 heavy (non-hydrogen) atoms. The molecule has 0 radical (unpaired) electrons. The van der Waals surface area contributed by atoms with Gasteiger partial charge in [0, 0.05) is 18.1 Å². The van der Waals surface area contributed by atoms with Crippen LogP contribution in [-0.2, 0) is 4.79 Å². The van der Waals surface area contributed by atoms with Gasteiger partial charge in [-0.1, -0.05) is 6.92 Å². The zero-order valence-corrected chi connectivity index (χ0v) is 12.5. The average Bonchev–Trinajstić information content (AvgIpc) is 2.25. The van der Waals surface area contributed by atoms with Crippen molar-refractivity contribution >= 4 is 5.91 Å². The van der Waals surface area contributed by atoms with Crippen molar-refractivity contribution in [3.63, 3.8) is 0 Å². The van der Waals surface area contributed by atoms with Crippen LogP contribution in [0.1, 0.15) is 47.5 Å². The highest BCUT2D eigenvalue weighted by atomic mass is 16.2. The summed E-state index contributed by atoms with van der Waals surface area (Å²) in [5.41, 5.74) is 5.70. The number of hydrogen-bond donors (Lipinski definition) is 2. The molecule has 1 amide bonds. The molecule has 1 heterocycles. The van der Waals surface area contributed by atoms with Gasteiger partial charge in [-0.3, -0.25) is 9.69 Å². The minimum atomic E-state index is -0.176. The molecule has 0 aromatic heterocycles. The first-order valence-electron chi connectivity index (χ1n) is 7.04. The molecule has 4 heteroatoms. The second-order valence-corrected chi connectivity index (χ2v) is 6.58. The first kappa shape index (κ1) is 15.4. The van der Waals surface area contributed by atoms with Crippen LogP contribution in [0.15, 0.2) is 0 Å². The number of amides is 1. The maximum absolute atomic E-state index is 12.2. The monoisotopic (exact) mass is 255 g/mol. The lowest BCUT2D eigenvalue weighted by Gasteiger charge is -2.42. The van der Waals surface area contributed by atoms with Gasteiger partial charge in [0.05, 0.1) is 6.04 Å². The quantitative estimate of drug-likeness (QED) is 0.800. The molecule has 106 valence electrons. The molecule has 3 unspecified atom stereocenters. The van der Waals surface area contributed by atoms with E-state index in [9.17, 15) is 4.79 Å². The standard InChI is InChI=1S/C14H29N3O/c1-10-7-6-8-17(12(10)9-15)11(2)13(18)16-14(3,4)5/h10-12H,6-9,15H2,1-5H3,(H,16,18). The van der Waals surface area contributed by atoms with Crippen molar-refractivity contribution in [3.05, 3.63) is 0 Å².